The zero-order chi connectivity index (χ0) is 29.9. The lowest BCUT2D eigenvalue weighted by atomic mass is 10.1. The van der Waals surface area contributed by atoms with Crippen LogP contribution in [0.3, 0.4) is 0 Å². The van der Waals surface area contributed by atoms with Gasteiger partial charge in [-0.1, -0.05) is 6.07 Å². The minimum Gasteiger partial charge on any atom is -0.494 e. The highest BCUT2D eigenvalue weighted by Gasteiger charge is 2.38. The summed E-state index contributed by atoms with van der Waals surface area (Å²) in [7, 11) is -1.31. The van der Waals surface area contributed by atoms with Gasteiger partial charge in [0.2, 0.25) is 5.95 Å². The first-order valence-corrected chi connectivity index (χ1v) is 13.2. The van der Waals surface area contributed by atoms with Crippen molar-refractivity contribution in [3.63, 3.8) is 0 Å². The van der Waals surface area contributed by atoms with Crippen LogP contribution in [0.2, 0.25) is 0 Å². The third kappa shape index (κ3) is 11.6. The summed E-state index contributed by atoms with van der Waals surface area (Å²) in [5.41, 5.74) is 7.77. The molecule has 3 aromatic rings. The Morgan fingerprint density at radius 3 is 2.30 bits per heavy atom. The molecule has 0 bridgehead atoms. The second-order valence-corrected chi connectivity index (χ2v) is 10.7. The number of hydrogen-bond acceptors (Lipinski definition) is 8. The van der Waals surface area contributed by atoms with Crippen LogP contribution in [-0.2, 0) is 15.8 Å². The summed E-state index contributed by atoms with van der Waals surface area (Å²) < 4.78 is 53.1. The molecule has 10 nitrogen and oxygen atoms in total. The van der Waals surface area contributed by atoms with E-state index in [-0.39, 0.29) is 5.54 Å². The zero-order valence-corrected chi connectivity index (χ0v) is 23.3. The molecule has 0 aliphatic carbocycles. The average molecular weight is 583 g/mol. The molecule has 0 saturated carbocycles. The zero-order valence-electron chi connectivity index (χ0n) is 22.5. The van der Waals surface area contributed by atoms with E-state index < -0.39 is 23.1 Å². The second-order valence-electron chi connectivity index (χ2n) is 9.44. The summed E-state index contributed by atoms with van der Waals surface area (Å²) in [4.78, 5) is 18.6. The predicted octanol–water partition coefficient (Wildman–Crippen LogP) is 5.04. The first-order valence-electron chi connectivity index (χ1n) is 12.1. The topological polar surface area (TPSA) is 151 Å². The second kappa shape index (κ2) is 14.6. The highest BCUT2D eigenvalue weighted by molar-refractivity contribution is 7.83. The molecule has 0 amide bonds. The van der Waals surface area contributed by atoms with Gasteiger partial charge >= 0.3 is 12.1 Å². The molecule has 218 valence electrons. The summed E-state index contributed by atoms with van der Waals surface area (Å²) in [6.07, 6.45) is -2.51. The number of nitrogens with zero attached hydrogens (tertiary/aromatic N) is 2. The predicted molar refractivity (Wildman–Crippen MR) is 148 cm³/mol. The molecule has 1 unspecified atom stereocenters. The van der Waals surface area contributed by atoms with Crippen molar-refractivity contribution < 1.29 is 32.0 Å². The number of carboxylic acids is 1. The van der Waals surface area contributed by atoms with Gasteiger partial charge in [-0.25, -0.2) is 18.7 Å². The summed E-state index contributed by atoms with van der Waals surface area (Å²) in [5, 5.41) is 13.6. The van der Waals surface area contributed by atoms with E-state index in [1.165, 1.54) is 0 Å². The summed E-state index contributed by atoms with van der Waals surface area (Å²) in [6.45, 7) is 9.08. The minimum absolute atomic E-state index is 0.257. The molecule has 0 spiro atoms. The van der Waals surface area contributed by atoms with E-state index in [1.54, 1.807) is 6.20 Å². The molecule has 0 fully saturated rings. The molecule has 6 N–H and O–H groups in total. The molecule has 14 heteroatoms. The van der Waals surface area contributed by atoms with E-state index in [1.807, 2.05) is 76.2 Å². The molecule has 0 radical (unpaired) electrons. The van der Waals surface area contributed by atoms with Gasteiger partial charge in [0.05, 0.1) is 11.5 Å². The maximum atomic E-state index is 12.6. The highest BCUT2D eigenvalue weighted by Crippen LogP contribution is 2.24. The van der Waals surface area contributed by atoms with E-state index >= 15 is 0 Å². The van der Waals surface area contributed by atoms with Crippen molar-refractivity contribution in [2.24, 2.45) is 5.73 Å². The van der Waals surface area contributed by atoms with E-state index in [2.05, 4.69) is 25.3 Å². The number of rotatable bonds is 10. The maximum absolute atomic E-state index is 12.6. The van der Waals surface area contributed by atoms with Crippen LogP contribution in [0.15, 0.2) is 59.6 Å². The lowest BCUT2D eigenvalue weighted by molar-refractivity contribution is -0.192. The van der Waals surface area contributed by atoms with Crippen molar-refractivity contribution in [2.75, 3.05) is 23.8 Å². The van der Waals surface area contributed by atoms with Crippen LogP contribution in [0.1, 0.15) is 32.8 Å². The summed E-state index contributed by atoms with van der Waals surface area (Å²) in [6, 6.07) is 15.1. The standard InChI is InChI=1S/C24H32N6O2S.C2HF3O2/c1-17-16-26-23(28-18-9-11-20(12-10-18)32-14-6-13-25)29-22(17)27-19-7-5-8-21(15-19)33(31)30-24(2,3)4;3-2(4,5)1(6)7/h5,7-12,15-16,30H,6,13-14,25H2,1-4H3,(H2,26,27,28,29);(H,6,7). The summed E-state index contributed by atoms with van der Waals surface area (Å²) in [5.74, 6) is -0.832. The largest absolute Gasteiger partial charge is 0.494 e. The van der Waals surface area contributed by atoms with Crippen LogP contribution in [0, 0.1) is 6.92 Å². The molecule has 0 aliphatic rings. The molecule has 3 rings (SSSR count). The van der Waals surface area contributed by atoms with Gasteiger partial charge in [-0.3, -0.25) is 0 Å². The molecule has 1 atom stereocenters. The Balaban J connectivity index is 0.000000708. The lowest BCUT2D eigenvalue weighted by Gasteiger charge is -2.19. The van der Waals surface area contributed by atoms with Crippen LogP contribution < -0.4 is 25.8 Å². The molecule has 1 heterocycles. The highest BCUT2D eigenvalue weighted by atomic mass is 32.2. The number of hydrogen-bond donors (Lipinski definition) is 5. The number of nitrogens with two attached hydrogens (primary N) is 1. The quantitative estimate of drug-likeness (QED) is 0.207. The number of anilines is 4. The van der Waals surface area contributed by atoms with Gasteiger partial charge in [0.1, 0.15) is 22.6 Å². The van der Waals surface area contributed by atoms with Gasteiger partial charge < -0.3 is 26.2 Å². The molecule has 2 aromatic carbocycles. The van der Waals surface area contributed by atoms with Gasteiger partial charge in [0, 0.05) is 28.7 Å². The van der Waals surface area contributed by atoms with E-state index in [0.29, 0.717) is 29.8 Å². The van der Waals surface area contributed by atoms with Gasteiger partial charge in [-0.2, -0.15) is 18.2 Å². The maximum Gasteiger partial charge on any atom is 0.490 e. The van der Waals surface area contributed by atoms with Crippen molar-refractivity contribution >= 4 is 40.1 Å². The van der Waals surface area contributed by atoms with Crippen LogP contribution >= 0.6 is 0 Å². The smallest absolute Gasteiger partial charge is 0.490 e. The van der Waals surface area contributed by atoms with E-state index in [9.17, 15) is 17.4 Å². The molecule has 0 saturated heterocycles. The fraction of sp³-hybridized carbons (Fsp3) is 0.346. The minimum atomic E-state index is -5.08. The van der Waals surface area contributed by atoms with Crippen molar-refractivity contribution in [3.8, 4) is 5.75 Å². The Morgan fingerprint density at radius 2 is 1.73 bits per heavy atom. The number of aromatic nitrogens is 2. The van der Waals surface area contributed by atoms with Crippen molar-refractivity contribution in [1.82, 2.24) is 14.7 Å². The van der Waals surface area contributed by atoms with Gasteiger partial charge in [0.25, 0.3) is 0 Å². The Bertz CT molecular complexity index is 1280. The SMILES string of the molecule is Cc1cnc(Nc2ccc(OCCCN)cc2)nc1Nc1cccc(S(=O)NC(C)(C)C)c1.O=C(O)C(F)(F)F. The average Bonchev–Trinajstić information content (AvgIpc) is 2.86. The monoisotopic (exact) mass is 582 g/mol. The molecule has 1 aromatic heterocycles. The number of halogens is 3. The van der Waals surface area contributed by atoms with Gasteiger partial charge in [-0.05, 0) is 83.1 Å². The fourth-order valence-electron chi connectivity index (χ4n) is 2.83. The van der Waals surface area contributed by atoms with Crippen molar-refractivity contribution in [1.29, 1.82) is 0 Å². The van der Waals surface area contributed by atoms with Crippen molar-refractivity contribution in [2.45, 2.75) is 50.7 Å². The number of aliphatic carboxylic acids is 1. The molecular weight excluding hydrogens is 549 g/mol. The third-order valence-electron chi connectivity index (χ3n) is 4.65. The van der Waals surface area contributed by atoms with Crippen LogP contribution in [0.25, 0.3) is 0 Å². The normalized spacial score (nSPS) is 12.1. The van der Waals surface area contributed by atoms with Crippen LogP contribution in [0.4, 0.5) is 36.3 Å². The first kappa shape index (κ1) is 32.5. The number of alkyl halides is 3. The van der Waals surface area contributed by atoms with Crippen LogP contribution in [-0.4, -0.2) is 50.1 Å². The first-order chi connectivity index (χ1) is 18.7. The molecule has 0 aliphatic heterocycles. The Morgan fingerprint density at radius 1 is 1.07 bits per heavy atom. The van der Waals surface area contributed by atoms with Crippen LogP contribution in [0.5, 0.6) is 5.75 Å². The van der Waals surface area contributed by atoms with E-state index in [0.717, 1.165) is 29.1 Å². The van der Waals surface area contributed by atoms with Gasteiger partial charge in [0.15, 0.2) is 0 Å². The Hall–Kier alpha value is -3.75. The number of carboxylic acid groups (broad SMARTS) is 1. The number of nitrogens with one attached hydrogen (secondary N) is 3. The number of aryl methyl sites for hydroxylation is 1. The molecule has 40 heavy (non-hydrogen) atoms. The molecular formula is C26H33F3N6O4S. The Labute approximate surface area is 233 Å². The Kier molecular flexibility index (Phi) is 11.8. The van der Waals surface area contributed by atoms with E-state index in [4.69, 9.17) is 20.4 Å². The number of ether oxygens (including phenoxy) is 1. The number of benzene rings is 2. The number of carbonyl (C=O) groups is 1. The van der Waals surface area contributed by atoms with Gasteiger partial charge in [-0.15, -0.1) is 0 Å². The summed E-state index contributed by atoms with van der Waals surface area (Å²) >= 11 is 0. The van der Waals surface area contributed by atoms with Crippen molar-refractivity contribution in [3.05, 3.63) is 60.3 Å². The third-order valence-corrected chi connectivity index (χ3v) is 6.13. The lowest BCUT2D eigenvalue weighted by Crippen LogP contribution is -2.37. The fourth-order valence-corrected chi connectivity index (χ4v) is 3.94.